The number of benzene rings is 2. The van der Waals surface area contributed by atoms with Crippen molar-refractivity contribution in [1.82, 2.24) is 24.7 Å². The molecule has 5 rings (SSSR count). The molecule has 2 N–H and O–H groups in total. The maximum Gasteiger partial charge on any atom is 0.245 e. The fourth-order valence-corrected chi connectivity index (χ4v) is 8.11. The van der Waals surface area contributed by atoms with Crippen molar-refractivity contribution in [3.63, 3.8) is 0 Å². The normalized spacial score (nSPS) is 21.7. The van der Waals surface area contributed by atoms with Gasteiger partial charge in [-0.2, -0.15) is 0 Å². The highest BCUT2D eigenvalue weighted by Crippen LogP contribution is 2.31. The van der Waals surface area contributed by atoms with E-state index in [1.807, 2.05) is 53.2 Å². The van der Waals surface area contributed by atoms with E-state index in [-0.39, 0.29) is 23.9 Å². The van der Waals surface area contributed by atoms with Gasteiger partial charge in [-0.15, -0.1) is 0 Å². The van der Waals surface area contributed by atoms with Crippen LogP contribution in [0.4, 0.5) is 0 Å². The van der Waals surface area contributed by atoms with Gasteiger partial charge in [0, 0.05) is 62.8 Å². The zero-order valence-electron chi connectivity index (χ0n) is 29.3. The lowest BCUT2D eigenvalue weighted by atomic mass is 9.83. The first-order valence-electron chi connectivity index (χ1n) is 18.0. The summed E-state index contributed by atoms with van der Waals surface area (Å²) in [5, 5.41) is 7.31. The molecule has 1 saturated heterocycles. The molecular weight excluding hydrogens is 626 g/mol. The van der Waals surface area contributed by atoms with E-state index in [4.69, 9.17) is 11.6 Å². The van der Waals surface area contributed by atoms with E-state index in [1.165, 1.54) is 49.7 Å². The number of nitrogens with one attached hydrogen (secondary N) is 2. The van der Waals surface area contributed by atoms with E-state index in [0.29, 0.717) is 37.0 Å². The van der Waals surface area contributed by atoms with Gasteiger partial charge < -0.3 is 10.2 Å². The quantitative estimate of drug-likeness (QED) is 0.256. The van der Waals surface area contributed by atoms with Gasteiger partial charge in [-0.1, -0.05) is 106 Å². The summed E-state index contributed by atoms with van der Waals surface area (Å²) in [7, 11) is 0. The summed E-state index contributed by atoms with van der Waals surface area (Å²) in [5.74, 6) is 0.608. The Kier molecular flexibility index (Phi) is 15.4. The zero-order chi connectivity index (χ0) is 33.8. The molecule has 9 heteroatoms. The number of amides is 2. The van der Waals surface area contributed by atoms with Crippen molar-refractivity contribution in [3.8, 4) is 0 Å². The first-order valence-corrected chi connectivity index (χ1v) is 19.5. The fraction of sp³-hybridized carbons (Fsp3) is 0.632. The van der Waals surface area contributed by atoms with Crippen LogP contribution in [-0.4, -0.2) is 89.6 Å². The third kappa shape index (κ3) is 10.7. The smallest absolute Gasteiger partial charge is 0.245 e. The molecule has 2 aromatic carbocycles. The Balaban J connectivity index is 0.00000160. The molecule has 2 fully saturated rings. The maximum atomic E-state index is 14.1. The number of likely N-dealkylation sites (N-methyl/N-ethyl adjacent to an activating group) is 1. The average molecular weight is 684 g/mol. The molecule has 7 nitrogen and oxygen atoms in total. The number of hydrogen-bond acceptors (Lipinski definition) is 6. The second-order valence-corrected chi connectivity index (χ2v) is 14.8. The first kappa shape index (κ1) is 37.7. The molecule has 4 atom stereocenters. The van der Waals surface area contributed by atoms with Crippen molar-refractivity contribution in [1.29, 1.82) is 0 Å². The third-order valence-corrected chi connectivity index (χ3v) is 11.1. The Morgan fingerprint density at radius 3 is 2.30 bits per heavy atom. The third-order valence-electron chi connectivity index (χ3n) is 9.97. The fourth-order valence-electron chi connectivity index (χ4n) is 7.43. The van der Waals surface area contributed by atoms with Crippen molar-refractivity contribution < 1.29 is 9.59 Å². The Hall–Kier alpha value is -2.10. The van der Waals surface area contributed by atoms with Crippen LogP contribution in [-0.2, 0) is 22.4 Å². The number of fused-ring (bicyclic) bond motifs is 1. The summed E-state index contributed by atoms with van der Waals surface area (Å²) < 4.78 is 2.48. The lowest BCUT2D eigenvalue weighted by Crippen LogP contribution is -2.60. The average Bonchev–Trinajstić information content (AvgIpc) is 3.10. The monoisotopic (exact) mass is 683 g/mol. The minimum Gasteiger partial charge on any atom is -0.343 e. The van der Waals surface area contributed by atoms with Crippen LogP contribution in [0.3, 0.4) is 0 Å². The molecule has 2 aromatic rings. The van der Waals surface area contributed by atoms with Gasteiger partial charge >= 0.3 is 0 Å². The van der Waals surface area contributed by atoms with Gasteiger partial charge in [0.15, 0.2) is 0 Å². The van der Waals surface area contributed by atoms with Gasteiger partial charge in [-0.25, -0.2) is 4.31 Å². The van der Waals surface area contributed by atoms with E-state index >= 15 is 0 Å². The van der Waals surface area contributed by atoms with Crippen molar-refractivity contribution in [2.45, 2.75) is 103 Å². The van der Waals surface area contributed by atoms with Gasteiger partial charge in [0.25, 0.3) is 0 Å². The van der Waals surface area contributed by atoms with E-state index < -0.39 is 6.04 Å². The highest BCUT2D eigenvalue weighted by molar-refractivity contribution is 7.96. The number of halogens is 1. The molecular formula is C38H58ClN5O2S. The van der Waals surface area contributed by atoms with Gasteiger partial charge in [0.2, 0.25) is 11.8 Å². The van der Waals surface area contributed by atoms with E-state index in [0.717, 1.165) is 37.7 Å². The summed E-state index contributed by atoms with van der Waals surface area (Å²) in [6, 6.07) is 15.4. The van der Waals surface area contributed by atoms with Crippen molar-refractivity contribution in [2.75, 3.05) is 45.5 Å². The van der Waals surface area contributed by atoms with Crippen LogP contribution >= 0.6 is 23.5 Å². The van der Waals surface area contributed by atoms with Gasteiger partial charge in [0.1, 0.15) is 6.04 Å². The molecule has 47 heavy (non-hydrogen) atoms. The van der Waals surface area contributed by atoms with Crippen molar-refractivity contribution >= 4 is 35.4 Å². The SMILES string of the molecule is CCC.CCN(CC(C1CCCCC1)N1CCN(C(=O)C(Cc2ccc(Cl)cc2)NC(=O)C2Cc3ccccc3C(C)N2)CC1)SC. The molecule has 1 saturated carbocycles. The molecule has 4 unspecified atom stereocenters. The maximum absolute atomic E-state index is 14.1. The lowest BCUT2D eigenvalue weighted by molar-refractivity contribution is -0.139. The lowest BCUT2D eigenvalue weighted by Gasteiger charge is -2.45. The molecule has 3 aliphatic rings. The minimum absolute atomic E-state index is 0.00530. The first-order chi connectivity index (χ1) is 22.8. The Bertz CT molecular complexity index is 1240. The Labute approximate surface area is 293 Å². The summed E-state index contributed by atoms with van der Waals surface area (Å²) in [6.45, 7) is 13.8. The number of rotatable bonds is 11. The van der Waals surface area contributed by atoms with Crippen molar-refractivity contribution in [3.05, 3.63) is 70.2 Å². The second-order valence-electron chi connectivity index (χ2n) is 13.4. The molecule has 2 heterocycles. The molecule has 2 aliphatic heterocycles. The van der Waals surface area contributed by atoms with Crippen LogP contribution in [0.2, 0.25) is 5.02 Å². The molecule has 1 aliphatic carbocycles. The van der Waals surface area contributed by atoms with Gasteiger partial charge in [0.05, 0.1) is 6.04 Å². The minimum atomic E-state index is -0.634. The Morgan fingerprint density at radius 1 is 1.00 bits per heavy atom. The van der Waals surface area contributed by atoms with E-state index in [2.05, 4.69) is 65.9 Å². The van der Waals surface area contributed by atoms with Crippen LogP contribution in [0.15, 0.2) is 48.5 Å². The zero-order valence-corrected chi connectivity index (χ0v) is 30.9. The summed E-state index contributed by atoms with van der Waals surface area (Å²) in [6.07, 6.45) is 11.1. The van der Waals surface area contributed by atoms with Gasteiger partial charge in [-0.3, -0.25) is 19.8 Å². The largest absolute Gasteiger partial charge is 0.343 e. The topological polar surface area (TPSA) is 67.9 Å². The van der Waals surface area contributed by atoms with Crippen LogP contribution < -0.4 is 10.6 Å². The number of hydrogen-bond donors (Lipinski definition) is 2. The number of nitrogens with zero attached hydrogens (tertiary/aromatic N) is 3. The number of piperazine rings is 1. The molecule has 2 amide bonds. The molecule has 0 aromatic heterocycles. The van der Waals surface area contributed by atoms with Gasteiger partial charge in [-0.05, 0) is 67.2 Å². The molecule has 0 spiro atoms. The number of carbonyl (C=O) groups is 2. The summed E-state index contributed by atoms with van der Waals surface area (Å²) in [5.41, 5.74) is 3.40. The number of carbonyl (C=O) groups excluding carboxylic acids is 2. The Morgan fingerprint density at radius 2 is 1.66 bits per heavy atom. The van der Waals surface area contributed by atoms with E-state index in [1.54, 1.807) is 0 Å². The molecule has 260 valence electrons. The molecule has 0 bridgehead atoms. The van der Waals surface area contributed by atoms with E-state index in [9.17, 15) is 9.59 Å². The van der Waals surface area contributed by atoms with Crippen LogP contribution in [0.5, 0.6) is 0 Å². The predicted octanol–water partition coefficient (Wildman–Crippen LogP) is 6.75. The highest BCUT2D eigenvalue weighted by atomic mass is 35.5. The summed E-state index contributed by atoms with van der Waals surface area (Å²) in [4.78, 5) is 32.5. The van der Waals surface area contributed by atoms with Crippen molar-refractivity contribution in [2.24, 2.45) is 5.92 Å². The summed E-state index contributed by atoms with van der Waals surface area (Å²) >= 11 is 8.00. The highest BCUT2D eigenvalue weighted by Gasteiger charge is 2.36. The predicted molar refractivity (Wildman–Crippen MR) is 198 cm³/mol. The standard InChI is InChI=1S/C35H50ClN5O2S.C3H8/c1-4-41(44-3)24-33(27-10-6-5-7-11-27)39-18-20-40(21-19-39)35(43)32(22-26-14-16-29(36)17-15-26)38-34(42)31-23-28-12-8-9-13-30(28)25(2)37-31;1-3-2/h8-9,12-17,25,27,31-33,37H,4-7,10-11,18-24H2,1-3H3,(H,38,42);3H2,1-2H3. The second kappa shape index (κ2) is 19.2. The molecule has 0 radical (unpaired) electrons. The van der Waals surface area contributed by atoms with Crippen LogP contribution in [0, 0.1) is 5.92 Å². The van der Waals surface area contributed by atoms with Crippen LogP contribution in [0.25, 0.3) is 0 Å². The van der Waals surface area contributed by atoms with Crippen LogP contribution in [0.1, 0.15) is 89.0 Å².